The molecule has 0 saturated heterocycles. The summed E-state index contributed by atoms with van der Waals surface area (Å²) in [5, 5.41) is 12.3. The number of hydrogen-bond acceptors (Lipinski definition) is 4. The quantitative estimate of drug-likeness (QED) is 0.553. The van der Waals surface area contributed by atoms with Gasteiger partial charge in [0.2, 0.25) is 5.91 Å². The monoisotopic (exact) mass is 186 g/mol. The Bertz CT molecular complexity index is 269. The van der Waals surface area contributed by atoms with Gasteiger partial charge in [-0.25, -0.2) is 0 Å². The molecule has 5 nitrogen and oxygen atoms in total. The standard InChI is InChI=1S/C8H14N2O3/c1-7(2)5(11)9-6(13-4)10-8(7,3)12/h12H,1-4H3,(H,9,10,11). The SMILES string of the molecule is COC1=NC(C)(O)C(C)(C)C(=O)N1. The van der Waals surface area contributed by atoms with Gasteiger partial charge in [0.25, 0.3) is 6.02 Å². The second kappa shape index (κ2) is 2.70. The van der Waals surface area contributed by atoms with Gasteiger partial charge in [0, 0.05) is 0 Å². The molecule has 0 aromatic heterocycles. The van der Waals surface area contributed by atoms with Crippen LogP contribution >= 0.6 is 0 Å². The zero-order valence-electron chi connectivity index (χ0n) is 8.21. The number of hydrogen-bond donors (Lipinski definition) is 2. The van der Waals surface area contributed by atoms with E-state index in [2.05, 4.69) is 10.3 Å². The Labute approximate surface area is 76.8 Å². The summed E-state index contributed by atoms with van der Waals surface area (Å²) >= 11 is 0. The first kappa shape index (κ1) is 9.98. The topological polar surface area (TPSA) is 70.9 Å². The van der Waals surface area contributed by atoms with E-state index in [0.717, 1.165) is 0 Å². The zero-order chi connectivity index (χ0) is 10.3. The van der Waals surface area contributed by atoms with Gasteiger partial charge in [0.1, 0.15) is 0 Å². The van der Waals surface area contributed by atoms with Crippen molar-refractivity contribution in [1.82, 2.24) is 5.32 Å². The first-order valence-electron chi connectivity index (χ1n) is 3.99. The molecule has 74 valence electrons. The Kier molecular flexibility index (Phi) is 2.07. The number of ether oxygens (including phenoxy) is 1. The smallest absolute Gasteiger partial charge is 0.293 e. The molecule has 0 aromatic rings. The van der Waals surface area contributed by atoms with Gasteiger partial charge in [0.15, 0.2) is 5.72 Å². The molecule has 1 unspecified atom stereocenters. The van der Waals surface area contributed by atoms with Crippen molar-refractivity contribution in [3.05, 3.63) is 0 Å². The molecule has 13 heavy (non-hydrogen) atoms. The molecule has 0 fully saturated rings. The maximum atomic E-state index is 11.5. The minimum atomic E-state index is -1.43. The van der Waals surface area contributed by atoms with Crippen LogP contribution in [0, 0.1) is 5.41 Å². The lowest BCUT2D eigenvalue weighted by Crippen LogP contribution is -2.57. The molecule has 1 aliphatic rings. The Morgan fingerprint density at radius 3 is 2.38 bits per heavy atom. The molecule has 1 rings (SSSR count). The summed E-state index contributed by atoms with van der Waals surface area (Å²) in [6.07, 6.45) is 0. The van der Waals surface area contributed by atoms with Crippen LogP contribution in [0.2, 0.25) is 0 Å². The molecule has 5 heteroatoms. The van der Waals surface area contributed by atoms with E-state index in [1.165, 1.54) is 14.0 Å². The summed E-state index contributed by atoms with van der Waals surface area (Å²) in [5.41, 5.74) is -2.38. The van der Waals surface area contributed by atoms with E-state index in [9.17, 15) is 9.90 Å². The molecule has 2 N–H and O–H groups in total. The number of amidine groups is 1. The highest BCUT2D eigenvalue weighted by Gasteiger charge is 2.49. The number of carbonyl (C=O) groups is 1. The van der Waals surface area contributed by atoms with Crippen LogP contribution < -0.4 is 5.32 Å². The lowest BCUT2D eigenvalue weighted by Gasteiger charge is -2.38. The van der Waals surface area contributed by atoms with Gasteiger partial charge < -0.3 is 9.84 Å². The Morgan fingerprint density at radius 2 is 2.00 bits per heavy atom. The Balaban J connectivity index is 3.11. The molecule has 0 spiro atoms. The molecular weight excluding hydrogens is 172 g/mol. The lowest BCUT2D eigenvalue weighted by atomic mass is 9.80. The molecule has 0 saturated carbocycles. The van der Waals surface area contributed by atoms with Gasteiger partial charge in [-0.3, -0.25) is 10.1 Å². The molecule has 0 aliphatic carbocycles. The summed E-state index contributed by atoms with van der Waals surface area (Å²) in [5.74, 6) is -0.302. The molecular formula is C8H14N2O3. The maximum absolute atomic E-state index is 11.5. The normalized spacial score (nSPS) is 32.1. The molecule has 0 bridgehead atoms. The van der Waals surface area contributed by atoms with Crippen molar-refractivity contribution in [3.63, 3.8) is 0 Å². The third-order valence-corrected chi connectivity index (χ3v) is 2.48. The summed E-state index contributed by atoms with van der Waals surface area (Å²) in [6.45, 7) is 4.72. The van der Waals surface area contributed by atoms with Crippen LogP contribution in [-0.4, -0.2) is 29.9 Å². The second-order valence-electron chi connectivity index (χ2n) is 3.72. The minimum absolute atomic E-state index is 0.0503. The van der Waals surface area contributed by atoms with Gasteiger partial charge in [-0.15, -0.1) is 0 Å². The number of methoxy groups -OCH3 is 1. The maximum Gasteiger partial charge on any atom is 0.293 e. The number of carbonyl (C=O) groups excluding carboxylic acids is 1. The Hall–Kier alpha value is -1.10. The number of nitrogens with zero attached hydrogens (tertiary/aromatic N) is 1. The summed E-state index contributed by atoms with van der Waals surface area (Å²) in [4.78, 5) is 15.3. The lowest BCUT2D eigenvalue weighted by molar-refractivity contribution is -0.144. The number of aliphatic imine (C=N–C) groups is 1. The van der Waals surface area contributed by atoms with E-state index in [1.54, 1.807) is 13.8 Å². The largest absolute Gasteiger partial charge is 0.468 e. The van der Waals surface area contributed by atoms with Crippen LogP contribution in [0.15, 0.2) is 4.99 Å². The van der Waals surface area contributed by atoms with Crippen LogP contribution in [0.1, 0.15) is 20.8 Å². The average molecular weight is 186 g/mol. The van der Waals surface area contributed by atoms with Crippen LogP contribution in [-0.2, 0) is 9.53 Å². The molecule has 1 amide bonds. The van der Waals surface area contributed by atoms with Crippen molar-refractivity contribution < 1.29 is 14.6 Å². The Morgan fingerprint density at radius 1 is 1.46 bits per heavy atom. The third kappa shape index (κ3) is 1.39. The van der Waals surface area contributed by atoms with E-state index < -0.39 is 11.1 Å². The number of rotatable bonds is 0. The molecule has 0 radical (unpaired) electrons. The van der Waals surface area contributed by atoms with Gasteiger partial charge in [-0.1, -0.05) is 0 Å². The fourth-order valence-electron chi connectivity index (χ4n) is 0.931. The van der Waals surface area contributed by atoms with Crippen molar-refractivity contribution in [2.45, 2.75) is 26.5 Å². The highest BCUT2D eigenvalue weighted by atomic mass is 16.5. The van der Waals surface area contributed by atoms with Gasteiger partial charge in [0.05, 0.1) is 12.5 Å². The number of amides is 1. The summed E-state index contributed by atoms with van der Waals surface area (Å²) in [7, 11) is 1.38. The highest BCUT2D eigenvalue weighted by Crippen LogP contribution is 2.34. The van der Waals surface area contributed by atoms with Crippen molar-refractivity contribution in [3.8, 4) is 0 Å². The fraction of sp³-hybridized carbons (Fsp3) is 0.750. The molecule has 1 aliphatic heterocycles. The van der Waals surface area contributed by atoms with Gasteiger partial charge in [-0.2, -0.15) is 4.99 Å². The van der Waals surface area contributed by atoms with E-state index in [-0.39, 0.29) is 11.9 Å². The highest BCUT2D eigenvalue weighted by molar-refractivity contribution is 5.99. The van der Waals surface area contributed by atoms with E-state index in [0.29, 0.717) is 0 Å². The van der Waals surface area contributed by atoms with Gasteiger partial charge >= 0.3 is 0 Å². The molecule has 1 heterocycles. The second-order valence-corrected chi connectivity index (χ2v) is 3.72. The van der Waals surface area contributed by atoms with Crippen LogP contribution in [0.5, 0.6) is 0 Å². The van der Waals surface area contributed by atoms with Crippen molar-refractivity contribution >= 4 is 11.9 Å². The first-order valence-corrected chi connectivity index (χ1v) is 3.99. The first-order chi connectivity index (χ1) is 5.81. The molecule has 0 aromatic carbocycles. The van der Waals surface area contributed by atoms with Crippen LogP contribution in [0.3, 0.4) is 0 Å². The van der Waals surface area contributed by atoms with E-state index in [4.69, 9.17) is 4.74 Å². The number of nitrogens with one attached hydrogen (secondary N) is 1. The van der Waals surface area contributed by atoms with Crippen LogP contribution in [0.25, 0.3) is 0 Å². The van der Waals surface area contributed by atoms with Crippen molar-refractivity contribution in [1.29, 1.82) is 0 Å². The number of aliphatic hydroxyl groups is 1. The van der Waals surface area contributed by atoms with E-state index >= 15 is 0 Å². The van der Waals surface area contributed by atoms with Crippen molar-refractivity contribution in [2.24, 2.45) is 10.4 Å². The predicted molar refractivity (Wildman–Crippen MR) is 47.0 cm³/mol. The molecule has 1 atom stereocenters. The third-order valence-electron chi connectivity index (χ3n) is 2.48. The summed E-state index contributed by atoms with van der Waals surface area (Å²) in [6, 6.07) is 0.0503. The minimum Gasteiger partial charge on any atom is -0.468 e. The van der Waals surface area contributed by atoms with E-state index in [1.807, 2.05) is 0 Å². The fourth-order valence-corrected chi connectivity index (χ4v) is 0.931. The zero-order valence-corrected chi connectivity index (χ0v) is 8.21. The van der Waals surface area contributed by atoms with Gasteiger partial charge in [-0.05, 0) is 20.8 Å². The van der Waals surface area contributed by atoms with Crippen LogP contribution in [0.4, 0.5) is 0 Å². The average Bonchev–Trinajstić information content (AvgIpc) is 2.00. The van der Waals surface area contributed by atoms with Crippen molar-refractivity contribution in [2.75, 3.05) is 7.11 Å². The predicted octanol–water partition coefficient (Wildman–Crippen LogP) is -0.147. The summed E-state index contributed by atoms with van der Waals surface area (Å²) < 4.78 is 4.75.